The number of carbonyl (C=O) groups excluding carboxylic acids is 2. The van der Waals surface area contributed by atoms with Crippen molar-refractivity contribution in [2.75, 3.05) is 6.61 Å². The number of carbonyl (C=O) groups is 2. The summed E-state index contributed by atoms with van der Waals surface area (Å²) in [6, 6.07) is 0. The van der Waals surface area contributed by atoms with Crippen molar-refractivity contribution in [2.24, 2.45) is 5.41 Å². The van der Waals surface area contributed by atoms with E-state index in [0.717, 1.165) is 5.57 Å². The fourth-order valence-electron chi connectivity index (χ4n) is 3.55. The second kappa shape index (κ2) is 8.30. The Morgan fingerprint density at radius 1 is 1.26 bits per heavy atom. The number of aliphatic hydroxyl groups excluding tert-OH is 4. The lowest BCUT2D eigenvalue weighted by Crippen LogP contribution is -2.60. The molecule has 1 aliphatic carbocycles. The van der Waals surface area contributed by atoms with Crippen LogP contribution in [0.2, 0.25) is 0 Å². The minimum atomic E-state index is -1.57. The molecule has 152 valence electrons. The van der Waals surface area contributed by atoms with Crippen LogP contribution in [-0.2, 0) is 19.1 Å². The zero-order valence-corrected chi connectivity index (χ0v) is 16.0. The van der Waals surface area contributed by atoms with E-state index < -0.39 is 48.8 Å². The third-order valence-corrected chi connectivity index (χ3v) is 5.12. The second-order valence-electron chi connectivity index (χ2n) is 7.76. The van der Waals surface area contributed by atoms with Gasteiger partial charge >= 0.3 is 0 Å². The van der Waals surface area contributed by atoms with Crippen LogP contribution in [0.15, 0.2) is 23.3 Å². The van der Waals surface area contributed by atoms with E-state index in [0.29, 0.717) is 5.57 Å². The van der Waals surface area contributed by atoms with Gasteiger partial charge in [-0.3, -0.25) is 9.59 Å². The Morgan fingerprint density at radius 2 is 1.89 bits per heavy atom. The van der Waals surface area contributed by atoms with Crippen LogP contribution in [0.1, 0.15) is 34.1 Å². The molecule has 0 aromatic carbocycles. The molecule has 6 atom stereocenters. The van der Waals surface area contributed by atoms with E-state index in [-0.39, 0.29) is 18.0 Å². The number of Topliss-reactive ketones (excluding diaryl/α,β-unsaturated/α-hetero) is 1. The molecular formula is C19H28O8. The zero-order chi connectivity index (χ0) is 20.5. The van der Waals surface area contributed by atoms with E-state index in [1.807, 2.05) is 13.8 Å². The molecule has 0 spiro atoms. The maximum atomic E-state index is 12.7. The summed E-state index contributed by atoms with van der Waals surface area (Å²) in [5.41, 5.74) is 0.692. The van der Waals surface area contributed by atoms with Crippen molar-refractivity contribution in [3.8, 4) is 0 Å². The van der Waals surface area contributed by atoms with Gasteiger partial charge in [0, 0.05) is 0 Å². The van der Waals surface area contributed by atoms with E-state index in [4.69, 9.17) is 9.47 Å². The summed E-state index contributed by atoms with van der Waals surface area (Å²) in [5, 5.41) is 39.1. The highest BCUT2D eigenvalue weighted by Crippen LogP contribution is 2.41. The summed E-state index contributed by atoms with van der Waals surface area (Å²) in [7, 11) is 0. The molecule has 0 aromatic rings. The van der Waals surface area contributed by atoms with Gasteiger partial charge in [0.15, 0.2) is 17.9 Å². The van der Waals surface area contributed by atoms with Gasteiger partial charge in [-0.15, -0.1) is 0 Å². The quantitative estimate of drug-likeness (QED) is 0.472. The number of ether oxygens (including phenoxy) is 2. The molecule has 0 unspecified atom stereocenters. The fraction of sp³-hybridized carbons (Fsp3) is 0.684. The molecule has 1 aliphatic heterocycles. The number of hydrogen-bond acceptors (Lipinski definition) is 8. The molecule has 0 radical (unpaired) electrons. The third kappa shape index (κ3) is 4.53. The van der Waals surface area contributed by atoms with Crippen molar-refractivity contribution >= 4 is 11.6 Å². The van der Waals surface area contributed by atoms with E-state index in [1.54, 1.807) is 13.0 Å². The van der Waals surface area contributed by atoms with Gasteiger partial charge < -0.3 is 29.9 Å². The molecule has 8 nitrogen and oxygen atoms in total. The molecule has 2 aliphatic rings. The first kappa shape index (κ1) is 21.9. The van der Waals surface area contributed by atoms with Gasteiger partial charge in [0.05, 0.1) is 6.61 Å². The normalized spacial score (nSPS) is 37.1. The number of aliphatic hydroxyl groups is 4. The van der Waals surface area contributed by atoms with E-state index in [1.165, 1.54) is 13.0 Å². The summed E-state index contributed by atoms with van der Waals surface area (Å²) < 4.78 is 11.0. The molecule has 8 heteroatoms. The van der Waals surface area contributed by atoms with Gasteiger partial charge in [0.25, 0.3) is 0 Å². The van der Waals surface area contributed by atoms with Crippen LogP contribution in [0.3, 0.4) is 0 Å². The minimum absolute atomic E-state index is 0.127. The van der Waals surface area contributed by atoms with Crippen molar-refractivity contribution in [3.63, 3.8) is 0 Å². The molecule has 1 fully saturated rings. The zero-order valence-electron chi connectivity index (χ0n) is 16.0. The van der Waals surface area contributed by atoms with Gasteiger partial charge in [-0.05, 0) is 42.9 Å². The van der Waals surface area contributed by atoms with Gasteiger partial charge in [0.1, 0.15) is 30.5 Å². The van der Waals surface area contributed by atoms with Crippen molar-refractivity contribution in [2.45, 2.75) is 70.9 Å². The number of ketones is 2. The van der Waals surface area contributed by atoms with Gasteiger partial charge in [-0.25, -0.2) is 0 Å². The van der Waals surface area contributed by atoms with E-state index in [2.05, 4.69) is 0 Å². The smallest absolute Gasteiger partial charge is 0.187 e. The molecule has 2 rings (SSSR count). The van der Waals surface area contributed by atoms with Gasteiger partial charge in [-0.2, -0.15) is 0 Å². The van der Waals surface area contributed by atoms with Crippen molar-refractivity contribution < 1.29 is 39.5 Å². The largest absolute Gasteiger partial charge is 0.394 e. The highest BCUT2D eigenvalue weighted by Gasteiger charge is 2.47. The Labute approximate surface area is 158 Å². The Balaban J connectivity index is 2.23. The lowest BCUT2D eigenvalue weighted by Gasteiger charge is -2.43. The Hall–Kier alpha value is -1.42. The highest BCUT2D eigenvalue weighted by molar-refractivity contribution is 6.01. The maximum absolute atomic E-state index is 12.7. The molecule has 27 heavy (non-hydrogen) atoms. The standard InChI is InChI=1S/C19H28O8/c1-9(21)5-6-11-10(2)14(22)12(7-19(11,3)4)26-18-17(25)16(24)15(23)13(8-20)27-18/h5-6,12-13,15-18,20,23-25H,7-8H2,1-4H3/b6-5+/t12-,13+,15+,16-,17+,18+/m0/s1. The highest BCUT2D eigenvalue weighted by atomic mass is 16.7. The second-order valence-corrected chi connectivity index (χ2v) is 7.76. The lowest BCUT2D eigenvalue weighted by atomic mass is 9.71. The predicted octanol–water partition coefficient (Wildman–Crippen LogP) is -0.368. The number of hydrogen-bond donors (Lipinski definition) is 4. The molecule has 1 heterocycles. The van der Waals surface area contributed by atoms with Crippen LogP contribution in [0.4, 0.5) is 0 Å². The Morgan fingerprint density at radius 3 is 2.44 bits per heavy atom. The molecular weight excluding hydrogens is 356 g/mol. The van der Waals surface area contributed by atoms with Crippen LogP contribution in [-0.4, -0.2) is 75.4 Å². The van der Waals surface area contributed by atoms with E-state index in [9.17, 15) is 30.0 Å². The fourth-order valence-corrected chi connectivity index (χ4v) is 3.55. The van der Waals surface area contributed by atoms with Crippen LogP contribution in [0.5, 0.6) is 0 Å². The first-order valence-electron chi connectivity index (χ1n) is 8.89. The lowest BCUT2D eigenvalue weighted by molar-refractivity contribution is -0.309. The van der Waals surface area contributed by atoms with Crippen LogP contribution < -0.4 is 0 Å². The summed E-state index contributed by atoms with van der Waals surface area (Å²) in [6.45, 7) is 6.31. The molecule has 4 N–H and O–H groups in total. The van der Waals surface area contributed by atoms with E-state index >= 15 is 0 Å². The SMILES string of the molecule is CC(=O)/C=C/C1=C(C)C(=O)[C@@H](O[C@@H]2O[C@H](CO)[C@@H](O)[C@H](O)[C@H]2O)CC1(C)C. The van der Waals surface area contributed by atoms with Crippen molar-refractivity contribution in [1.29, 1.82) is 0 Å². The number of rotatable bonds is 5. The first-order valence-corrected chi connectivity index (χ1v) is 8.89. The minimum Gasteiger partial charge on any atom is -0.394 e. The molecule has 1 saturated heterocycles. The summed E-state index contributed by atoms with van der Waals surface area (Å²) in [6.07, 6.45) is -4.72. The van der Waals surface area contributed by atoms with Crippen molar-refractivity contribution in [1.82, 2.24) is 0 Å². The molecule has 0 amide bonds. The van der Waals surface area contributed by atoms with Gasteiger partial charge in [0.2, 0.25) is 0 Å². The average molecular weight is 384 g/mol. The van der Waals surface area contributed by atoms with Crippen LogP contribution >= 0.6 is 0 Å². The molecule has 0 aromatic heterocycles. The summed E-state index contributed by atoms with van der Waals surface area (Å²) in [5.74, 6) is -0.437. The third-order valence-electron chi connectivity index (χ3n) is 5.12. The van der Waals surface area contributed by atoms with Crippen LogP contribution in [0, 0.1) is 5.41 Å². The molecule has 0 saturated carbocycles. The van der Waals surface area contributed by atoms with Crippen LogP contribution in [0.25, 0.3) is 0 Å². The summed E-state index contributed by atoms with van der Waals surface area (Å²) in [4.78, 5) is 24.0. The van der Waals surface area contributed by atoms with Crippen molar-refractivity contribution in [3.05, 3.63) is 23.3 Å². The maximum Gasteiger partial charge on any atom is 0.187 e. The average Bonchev–Trinajstić information content (AvgIpc) is 2.59. The van der Waals surface area contributed by atoms with Gasteiger partial charge in [-0.1, -0.05) is 19.9 Å². The predicted molar refractivity (Wildman–Crippen MR) is 94.6 cm³/mol. The molecule has 0 bridgehead atoms. The first-order chi connectivity index (χ1) is 12.5. The number of allylic oxidation sites excluding steroid dienone is 3. The topological polar surface area (TPSA) is 134 Å². The monoisotopic (exact) mass is 384 g/mol. The Kier molecular flexibility index (Phi) is 6.72. The summed E-state index contributed by atoms with van der Waals surface area (Å²) >= 11 is 0. The Bertz CT molecular complexity index is 648.